The van der Waals surface area contributed by atoms with Crippen LogP contribution in [0.15, 0.2) is 12.1 Å². The number of phenols is 1. The third kappa shape index (κ3) is 2.62. The molecule has 1 aromatic rings. The van der Waals surface area contributed by atoms with Gasteiger partial charge in [0, 0.05) is 12.1 Å². The van der Waals surface area contributed by atoms with Crippen molar-refractivity contribution in [3.63, 3.8) is 0 Å². The zero-order chi connectivity index (χ0) is 13.9. The lowest BCUT2D eigenvalue weighted by atomic mass is 9.99. The van der Waals surface area contributed by atoms with Gasteiger partial charge >= 0.3 is 0 Å². The van der Waals surface area contributed by atoms with Gasteiger partial charge in [0.15, 0.2) is 0 Å². The van der Waals surface area contributed by atoms with Crippen molar-refractivity contribution in [1.29, 1.82) is 0 Å². The van der Waals surface area contributed by atoms with E-state index >= 15 is 0 Å². The molecule has 1 atom stereocenters. The summed E-state index contributed by atoms with van der Waals surface area (Å²) in [6.07, 6.45) is 0. The Kier molecular flexibility index (Phi) is 4.31. The van der Waals surface area contributed by atoms with E-state index in [9.17, 15) is 13.9 Å². The molecule has 0 aliphatic heterocycles. The Bertz CT molecular complexity index is 400. The minimum Gasteiger partial charge on any atom is -0.508 e. The Morgan fingerprint density at radius 3 is 2.06 bits per heavy atom. The van der Waals surface area contributed by atoms with Crippen LogP contribution in [0.25, 0.3) is 0 Å². The molecule has 0 radical (unpaired) electrons. The molecule has 18 heavy (non-hydrogen) atoms. The first kappa shape index (κ1) is 14.5. The maximum absolute atomic E-state index is 13.4. The third-order valence-electron chi connectivity index (χ3n) is 2.51. The molecule has 0 aromatic heterocycles. The van der Waals surface area contributed by atoms with Gasteiger partial charge in [0.1, 0.15) is 29.9 Å². The quantitative estimate of drug-likeness (QED) is 0.739. The number of nitrogens with two attached hydrogens (primary N) is 1. The van der Waals surface area contributed by atoms with E-state index < -0.39 is 18.6 Å². The van der Waals surface area contributed by atoms with Crippen molar-refractivity contribution in [3.05, 3.63) is 17.7 Å². The van der Waals surface area contributed by atoms with Crippen LogP contribution in [0.1, 0.15) is 11.6 Å². The van der Waals surface area contributed by atoms with Gasteiger partial charge < -0.3 is 25.4 Å². The minimum absolute atomic E-state index is 0.0347. The van der Waals surface area contributed by atoms with Crippen LogP contribution in [0.2, 0.25) is 0 Å². The fourth-order valence-electron chi connectivity index (χ4n) is 1.54. The van der Waals surface area contributed by atoms with E-state index in [1.807, 2.05) is 0 Å². The van der Waals surface area contributed by atoms with Crippen LogP contribution in [0.5, 0.6) is 17.2 Å². The number of hydrogen-bond acceptors (Lipinski definition) is 5. The molecule has 0 fully saturated rings. The SMILES string of the molecule is COc1cc(O)cc(OC)c1[C@@H](N)C(F)(F)CO. The van der Waals surface area contributed by atoms with Gasteiger partial charge in [-0.1, -0.05) is 0 Å². The molecule has 1 rings (SSSR count). The summed E-state index contributed by atoms with van der Waals surface area (Å²) >= 11 is 0. The largest absolute Gasteiger partial charge is 0.508 e. The van der Waals surface area contributed by atoms with E-state index in [4.69, 9.17) is 20.3 Å². The molecule has 4 N–H and O–H groups in total. The summed E-state index contributed by atoms with van der Waals surface area (Å²) in [6, 6.07) is 0.476. The summed E-state index contributed by atoms with van der Waals surface area (Å²) in [4.78, 5) is 0. The number of hydrogen-bond donors (Lipinski definition) is 3. The Hall–Kier alpha value is -1.60. The predicted molar refractivity (Wildman–Crippen MR) is 60.2 cm³/mol. The second kappa shape index (κ2) is 5.36. The molecule has 0 saturated heterocycles. The number of alkyl halides is 2. The Morgan fingerprint density at radius 1 is 1.28 bits per heavy atom. The molecule has 0 saturated carbocycles. The zero-order valence-corrected chi connectivity index (χ0v) is 9.98. The number of aliphatic hydroxyl groups excluding tert-OH is 1. The number of rotatable bonds is 5. The highest BCUT2D eigenvalue weighted by Gasteiger charge is 2.40. The van der Waals surface area contributed by atoms with Crippen molar-refractivity contribution in [3.8, 4) is 17.2 Å². The van der Waals surface area contributed by atoms with Crippen LogP contribution in [0.3, 0.4) is 0 Å². The fraction of sp³-hybridized carbons (Fsp3) is 0.455. The summed E-state index contributed by atoms with van der Waals surface area (Å²) in [5.74, 6) is -3.80. The number of aliphatic hydroxyl groups is 1. The van der Waals surface area contributed by atoms with Crippen LogP contribution in [0.4, 0.5) is 8.78 Å². The second-order valence-corrected chi connectivity index (χ2v) is 3.66. The number of phenolic OH excluding ortho intramolecular Hbond substituents is 1. The van der Waals surface area contributed by atoms with E-state index in [2.05, 4.69) is 0 Å². The summed E-state index contributed by atoms with van der Waals surface area (Å²) in [6.45, 7) is -1.40. The highest BCUT2D eigenvalue weighted by atomic mass is 19.3. The molecule has 0 aliphatic rings. The molecule has 0 bridgehead atoms. The molecule has 0 aliphatic carbocycles. The number of benzene rings is 1. The van der Waals surface area contributed by atoms with Crippen LogP contribution < -0.4 is 15.2 Å². The smallest absolute Gasteiger partial charge is 0.289 e. The van der Waals surface area contributed by atoms with E-state index in [1.165, 1.54) is 14.2 Å². The van der Waals surface area contributed by atoms with Crippen molar-refractivity contribution < 1.29 is 28.5 Å². The molecule has 1 aromatic carbocycles. The molecule has 102 valence electrons. The van der Waals surface area contributed by atoms with Crippen molar-refractivity contribution in [1.82, 2.24) is 0 Å². The molecule has 0 amide bonds. The zero-order valence-electron chi connectivity index (χ0n) is 9.98. The van der Waals surface area contributed by atoms with Gasteiger partial charge in [-0.25, -0.2) is 8.78 Å². The van der Waals surface area contributed by atoms with Crippen molar-refractivity contribution in [2.75, 3.05) is 20.8 Å². The van der Waals surface area contributed by atoms with Crippen LogP contribution in [-0.4, -0.2) is 37.0 Å². The monoisotopic (exact) mass is 263 g/mol. The molecule has 7 heteroatoms. The Balaban J connectivity index is 3.37. The van der Waals surface area contributed by atoms with E-state index in [-0.39, 0.29) is 22.8 Å². The maximum Gasteiger partial charge on any atom is 0.289 e. The van der Waals surface area contributed by atoms with Crippen LogP contribution in [0, 0.1) is 0 Å². The summed E-state index contributed by atoms with van der Waals surface area (Å²) in [5.41, 5.74) is 5.32. The second-order valence-electron chi connectivity index (χ2n) is 3.66. The molecule has 0 unspecified atom stereocenters. The Morgan fingerprint density at radius 2 is 1.72 bits per heavy atom. The number of methoxy groups -OCH3 is 2. The lowest BCUT2D eigenvalue weighted by Gasteiger charge is -2.25. The van der Waals surface area contributed by atoms with Gasteiger partial charge in [0.2, 0.25) is 0 Å². The van der Waals surface area contributed by atoms with Crippen LogP contribution >= 0.6 is 0 Å². The summed E-state index contributed by atoms with van der Waals surface area (Å²) in [5, 5.41) is 18.0. The van der Waals surface area contributed by atoms with Gasteiger partial charge in [-0.2, -0.15) is 0 Å². The lowest BCUT2D eigenvalue weighted by Crippen LogP contribution is -2.36. The molecule has 5 nitrogen and oxygen atoms in total. The normalized spacial score (nSPS) is 13.2. The number of halogens is 2. The highest BCUT2D eigenvalue weighted by molar-refractivity contribution is 5.52. The fourth-order valence-corrected chi connectivity index (χ4v) is 1.54. The van der Waals surface area contributed by atoms with Gasteiger partial charge in [-0.05, 0) is 0 Å². The maximum atomic E-state index is 13.4. The number of ether oxygens (including phenoxy) is 2. The summed E-state index contributed by atoms with van der Waals surface area (Å²) in [7, 11) is 2.50. The van der Waals surface area contributed by atoms with Gasteiger partial charge in [-0.3, -0.25) is 0 Å². The third-order valence-corrected chi connectivity index (χ3v) is 2.51. The molecule has 0 heterocycles. The molecular formula is C11H15F2NO4. The first-order valence-corrected chi connectivity index (χ1v) is 5.06. The van der Waals surface area contributed by atoms with E-state index in [0.29, 0.717) is 0 Å². The Labute approximate surface area is 103 Å². The predicted octanol–water partition coefficient (Wildman–Crippen LogP) is 1.04. The van der Waals surface area contributed by atoms with Crippen LogP contribution in [-0.2, 0) is 0 Å². The summed E-state index contributed by atoms with van der Waals surface area (Å²) < 4.78 is 36.6. The van der Waals surface area contributed by atoms with Crippen molar-refractivity contribution >= 4 is 0 Å². The first-order chi connectivity index (χ1) is 8.37. The van der Waals surface area contributed by atoms with Crippen molar-refractivity contribution in [2.45, 2.75) is 12.0 Å². The molecule has 0 spiro atoms. The van der Waals surface area contributed by atoms with E-state index in [1.54, 1.807) is 0 Å². The van der Waals surface area contributed by atoms with Gasteiger partial charge in [-0.15, -0.1) is 0 Å². The molecular weight excluding hydrogens is 248 g/mol. The van der Waals surface area contributed by atoms with E-state index in [0.717, 1.165) is 12.1 Å². The average molecular weight is 263 g/mol. The first-order valence-electron chi connectivity index (χ1n) is 5.06. The highest BCUT2D eigenvalue weighted by Crippen LogP contribution is 2.42. The van der Waals surface area contributed by atoms with Gasteiger partial charge in [0.05, 0.1) is 19.8 Å². The minimum atomic E-state index is -3.53. The van der Waals surface area contributed by atoms with Gasteiger partial charge in [0.25, 0.3) is 5.92 Å². The lowest BCUT2D eigenvalue weighted by molar-refractivity contribution is -0.0719. The standard InChI is InChI=1S/C11H15F2NO4/c1-17-7-3-6(16)4-8(18-2)9(7)10(14)11(12,13)5-15/h3-4,10,15-16H,5,14H2,1-2H3/t10-/m1/s1. The number of aromatic hydroxyl groups is 1. The van der Waals surface area contributed by atoms with Crippen molar-refractivity contribution in [2.24, 2.45) is 5.73 Å². The average Bonchev–Trinajstić information content (AvgIpc) is 2.36. The topological polar surface area (TPSA) is 84.9 Å².